The Kier molecular flexibility index (Phi) is 4.24. The van der Waals surface area contributed by atoms with E-state index in [0.717, 1.165) is 5.56 Å². The number of carbonyl (C=O) groups is 2. The molecular formula is C20H17Cl2N3O4. The van der Waals surface area contributed by atoms with Crippen LogP contribution in [0.1, 0.15) is 11.3 Å². The van der Waals surface area contributed by atoms with Crippen LogP contribution in [0.15, 0.2) is 40.9 Å². The van der Waals surface area contributed by atoms with E-state index in [1.807, 2.05) is 12.2 Å². The molecule has 1 aromatic heterocycles. The van der Waals surface area contributed by atoms with Gasteiger partial charge in [-0.2, -0.15) is 0 Å². The second-order valence-electron chi connectivity index (χ2n) is 7.59. The van der Waals surface area contributed by atoms with Gasteiger partial charge in [-0.15, -0.1) is 0 Å². The highest BCUT2D eigenvalue weighted by Crippen LogP contribution is 2.52. The van der Waals surface area contributed by atoms with Gasteiger partial charge in [-0.25, -0.2) is 0 Å². The van der Waals surface area contributed by atoms with Crippen molar-refractivity contribution < 1.29 is 18.8 Å². The molecule has 3 aliphatic heterocycles. The van der Waals surface area contributed by atoms with Crippen LogP contribution in [0.4, 0.5) is 5.82 Å². The van der Waals surface area contributed by atoms with Crippen molar-refractivity contribution in [2.75, 3.05) is 11.4 Å². The summed E-state index contributed by atoms with van der Waals surface area (Å²) in [6, 6.07) is 6.88. The Bertz CT molecular complexity index is 1050. The zero-order chi connectivity index (χ0) is 20.3. The number of aromatic nitrogens is 1. The predicted molar refractivity (Wildman–Crippen MR) is 106 cm³/mol. The zero-order valence-electron chi connectivity index (χ0n) is 15.4. The van der Waals surface area contributed by atoms with Gasteiger partial charge in [0.1, 0.15) is 11.4 Å². The predicted octanol–water partition coefficient (Wildman–Crippen LogP) is 2.89. The van der Waals surface area contributed by atoms with Gasteiger partial charge in [0.2, 0.25) is 11.8 Å². The van der Waals surface area contributed by atoms with Gasteiger partial charge in [-0.05, 0) is 24.6 Å². The van der Waals surface area contributed by atoms with Gasteiger partial charge in [0.15, 0.2) is 5.82 Å². The van der Waals surface area contributed by atoms with Crippen LogP contribution in [0, 0.1) is 18.8 Å². The molecule has 9 heteroatoms. The molecule has 0 radical (unpaired) electrons. The van der Waals surface area contributed by atoms with Crippen molar-refractivity contribution in [3.63, 3.8) is 0 Å². The van der Waals surface area contributed by atoms with E-state index in [-0.39, 0.29) is 18.4 Å². The summed E-state index contributed by atoms with van der Waals surface area (Å²) in [5.74, 6) is -0.564. The molecule has 0 unspecified atom stereocenters. The van der Waals surface area contributed by atoms with E-state index in [1.54, 1.807) is 31.2 Å². The first-order valence-corrected chi connectivity index (χ1v) is 9.97. The van der Waals surface area contributed by atoms with Crippen LogP contribution in [0.25, 0.3) is 0 Å². The minimum Gasteiger partial charge on any atom is -0.360 e. The maximum absolute atomic E-state index is 13.2. The Balaban J connectivity index is 1.36. The smallest absolute Gasteiger partial charge is 0.235 e. The molecule has 4 heterocycles. The zero-order valence-corrected chi connectivity index (χ0v) is 16.9. The number of ether oxygens (including phenoxy) is 1. The van der Waals surface area contributed by atoms with Gasteiger partial charge in [0, 0.05) is 12.6 Å². The number of halogens is 2. The number of nitrogens with zero attached hydrogens (tertiary/aromatic N) is 2. The molecule has 2 aromatic rings. The van der Waals surface area contributed by atoms with Crippen LogP contribution in [0.2, 0.25) is 10.0 Å². The van der Waals surface area contributed by atoms with E-state index < -0.39 is 23.5 Å². The molecule has 1 N–H and O–H groups in total. The number of hydrogen-bond acceptors (Lipinski definition) is 5. The molecule has 150 valence electrons. The lowest BCUT2D eigenvalue weighted by molar-refractivity contribution is -0.132. The van der Waals surface area contributed by atoms with Crippen molar-refractivity contribution >= 4 is 40.8 Å². The Labute approximate surface area is 176 Å². The Morgan fingerprint density at radius 2 is 2.17 bits per heavy atom. The van der Waals surface area contributed by atoms with Crippen molar-refractivity contribution in [2.24, 2.45) is 11.8 Å². The molecule has 1 spiro atoms. The third-order valence-electron chi connectivity index (χ3n) is 5.75. The fraction of sp³-hybridized carbons (Fsp3) is 0.350. The Morgan fingerprint density at radius 3 is 2.90 bits per heavy atom. The maximum Gasteiger partial charge on any atom is 0.235 e. The van der Waals surface area contributed by atoms with Gasteiger partial charge in [0.25, 0.3) is 0 Å². The summed E-state index contributed by atoms with van der Waals surface area (Å²) in [7, 11) is 0. The number of nitrogens with one attached hydrogen (secondary N) is 1. The number of benzene rings is 1. The van der Waals surface area contributed by atoms with Gasteiger partial charge in [-0.1, -0.05) is 46.6 Å². The largest absolute Gasteiger partial charge is 0.360 e. The first kappa shape index (κ1) is 18.7. The molecule has 2 saturated heterocycles. The summed E-state index contributed by atoms with van der Waals surface area (Å²) in [5, 5.41) is 7.72. The molecule has 4 atom stereocenters. The van der Waals surface area contributed by atoms with Crippen LogP contribution >= 0.6 is 23.2 Å². The summed E-state index contributed by atoms with van der Waals surface area (Å²) in [5.41, 5.74) is 0.0136. The molecule has 7 nitrogen and oxygen atoms in total. The van der Waals surface area contributed by atoms with Crippen LogP contribution in [-0.2, 0) is 20.9 Å². The van der Waals surface area contributed by atoms with Gasteiger partial charge >= 0.3 is 0 Å². The number of aryl methyl sites for hydroxylation is 1. The van der Waals surface area contributed by atoms with E-state index in [2.05, 4.69) is 10.5 Å². The minimum absolute atomic E-state index is 0.181. The molecule has 2 fully saturated rings. The summed E-state index contributed by atoms with van der Waals surface area (Å²) < 4.78 is 11.2. The second kappa shape index (κ2) is 6.58. The number of rotatable bonds is 4. The van der Waals surface area contributed by atoms with E-state index >= 15 is 0 Å². The van der Waals surface area contributed by atoms with Crippen molar-refractivity contribution in [3.8, 4) is 0 Å². The highest BCUT2D eigenvalue weighted by Gasteiger charge is 2.67. The van der Waals surface area contributed by atoms with Gasteiger partial charge < -0.3 is 14.6 Å². The van der Waals surface area contributed by atoms with E-state index in [4.69, 9.17) is 32.5 Å². The third kappa shape index (κ3) is 2.87. The van der Waals surface area contributed by atoms with Crippen molar-refractivity contribution in [1.82, 2.24) is 10.5 Å². The number of hydrogen-bond donors (Lipinski definition) is 1. The second-order valence-corrected chi connectivity index (χ2v) is 8.40. The number of anilines is 1. The molecule has 3 aliphatic rings. The standard InChI is InChI=1S/C20H17Cl2N3O4/c1-10-6-15(24-29-10)25-9-20-5-4-14(28-20)16(17(20)19(25)27)18(26)23-8-11-2-3-12(21)13(22)7-11/h2-7,14,16-17H,8-9H2,1H3,(H,23,26)/t14-,16-,17+,20-/m1/s1. The fourth-order valence-corrected chi connectivity index (χ4v) is 4.75. The summed E-state index contributed by atoms with van der Waals surface area (Å²) >= 11 is 12.0. The van der Waals surface area contributed by atoms with Crippen LogP contribution in [0.5, 0.6) is 0 Å². The first-order valence-electron chi connectivity index (χ1n) is 9.21. The molecule has 5 rings (SSSR count). The minimum atomic E-state index is -0.805. The lowest BCUT2D eigenvalue weighted by Gasteiger charge is -2.23. The van der Waals surface area contributed by atoms with E-state index in [0.29, 0.717) is 28.2 Å². The molecular weight excluding hydrogens is 417 g/mol. The summed E-state index contributed by atoms with van der Waals surface area (Å²) in [6.07, 6.45) is 3.35. The molecule has 2 amide bonds. The molecule has 1 aromatic carbocycles. The third-order valence-corrected chi connectivity index (χ3v) is 6.48. The van der Waals surface area contributed by atoms with E-state index in [1.165, 1.54) is 4.90 Å². The monoisotopic (exact) mass is 433 g/mol. The molecule has 2 bridgehead atoms. The van der Waals surface area contributed by atoms with Crippen LogP contribution in [0.3, 0.4) is 0 Å². The highest BCUT2D eigenvalue weighted by molar-refractivity contribution is 6.42. The lowest BCUT2D eigenvalue weighted by Crippen LogP contribution is -2.44. The highest BCUT2D eigenvalue weighted by atomic mass is 35.5. The van der Waals surface area contributed by atoms with E-state index in [9.17, 15) is 9.59 Å². The summed E-state index contributed by atoms with van der Waals surface area (Å²) in [6.45, 7) is 2.35. The number of fused-ring (bicyclic) bond motifs is 1. The normalized spacial score (nSPS) is 29.6. The summed E-state index contributed by atoms with van der Waals surface area (Å²) in [4.78, 5) is 27.7. The molecule has 0 saturated carbocycles. The average Bonchev–Trinajstić information content (AvgIpc) is 3.43. The number of carbonyl (C=O) groups excluding carboxylic acids is 2. The molecule has 29 heavy (non-hydrogen) atoms. The van der Waals surface area contributed by atoms with Crippen LogP contribution < -0.4 is 10.2 Å². The average molecular weight is 434 g/mol. The Hall–Kier alpha value is -2.35. The van der Waals surface area contributed by atoms with Crippen molar-refractivity contribution in [1.29, 1.82) is 0 Å². The van der Waals surface area contributed by atoms with Crippen LogP contribution in [-0.4, -0.2) is 35.2 Å². The quantitative estimate of drug-likeness (QED) is 0.749. The molecule has 0 aliphatic carbocycles. The van der Waals surface area contributed by atoms with Crippen molar-refractivity contribution in [2.45, 2.75) is 25.2 Å². The first-order chi connectivity index (χ1) is 13.9. The van der Waals surface area contributed by atoms with Gasteiger partial charge in [-0.3, -0.25) is 14.5 Å². The van der Waals surface area contributed by atoms with Crippen molar-refractivity contribution in [3.05, 3.63) is 57.8 Å². The number of amides is 2. The lowest BCUT2D eigenvalue weighted by atomic mass is 9.77. The SMILES string of the molecule is Cc1cc(N2C[C@@]34C=C[C@@H](O3)[C@@H](C(=O)NCc3ccc(Cl)c(Cl)c3)[C@H]4C2=O)no1. The fourth-order valence-electron chi connectivity index (χ4n) is 4.43. The Morgan fingerprint density at radius 1 is 1.34 bits per heavy atom. The maximum atomic E-state index is 13.2. The topological polar surface area (TPSA) is 84.7 Å². The van der Waals surface area contributed by atoms with Gasteiger partial charge in [0.05, 0.1) is 34.5 Å².